The highest BCUT2D eigenvalue weighted by Gasteiger charge is 2.46. The average molecular weight is 302 g/mol. The van der Waals surface area contributed by atoms with E-state index in [1.807, 2.05) is 12.2 Å². The molecule has 1 fully saturated rings. The van der Waals surface area contributed by atoms with Crippen molar-refractivity contribution in [2.45, 2.75) is 25.8 Å². The summed E-state index contributed by atoms with van der Waals surface area (Å²) in [7, 11) is 0. The number of hydrogen-bond acceptors (Lipinski definition) is 4. The van der Waals surface area contributed by atoms with Gasteiger partial charge >= 0.3 is 0 Å². The molecular weight excluding hydrogens is 284 g/mol. The first-order chi connectivity index (χ1) is 10.7. The van der Waals surface area contributed by atoms with Crippen LogP contribution in [0, 0.1) is 11.8 Å². The molecule has 2 aliphatic rings. The zero-order valence-electron chi connectivity index (χ0n) is 12.2. The number of carbonyl (C=O) groups is 3. The van der Waals surface area contributed by atoms with Gasteiger partial charge in [-0.25, -0.2) is 0 Å². The van der Waals surface area contributed by atoms with Crippen LogP contribution in [0.3, 0.4) is 0 Å². The van der Waals surface area contributed by atoms with Gasteiger partial charge in [0.25, 0.3) is 0 Å². The number of carbonyl (C=O) groups excluding carboxylic acids is 3. The number of furan rings is 1. The molecule has 2 heterocycles. The predicted molar refractivity (Wildman–Crippen MR) is 77.2 cm³/mol. The highest BCUT2D eigenvalue weighted by atomic mass is 16.3. The molecule has 0 aromatic carbocycles. The summed E-state index contributed by atoms with van der Waals surface area (Å²) in [5, 5.41) is 2.71. The van der Waals surface area contributed by atoms with E-state index in [1.165, 1.54) is 4.90 Å². The monoisotopic (exact) mass is 302 g/mol. The van der Waals surface area contributed by atoms with Gasteiger partial charge in [-0.05, 0) is 25.0 Å². The van der Waals surface area contributed by atoms with Crippen LogP contribution in [0.15, 0.2) is 35.0 Å². The Bertz CT molecular complexity index is 580. The highest BCUT2D eigenvalue weighted by molar-refractivity contribution is 6.05. The summed E-state index contributed by atoms with van der Waals surface area (Å²) in [6.07, 6.45) is 6.80. The van der Waals surface area contributed by atoms with Crippen LogP contribution in [-0.4, -0.2) is 29.2 Å². The second-order valence-corrected chi connectivity index (χ2v) is 5.59. The van der Waals surface area contributed by atoms with Crippen LogP contribution in [-0.2, 0) is 20.9 Å². The molecule has 1 saturated heterocycles. The number of allylic oxidation sites excluding steroid dienone is 2. The lowest BCUT2D eigenvalue weighted by atomic mass is 9.85. The summed E-state index contributed by atoms with van der Waals surface area (Å²) in [5.41, 5.74) is 0. The highest BCUT2D eigenvalue weighted by Crippen LogP contribution is 2.34. The van der Waals surface area contributed by atoms with Crippen LogP contribution in [0.4, 0.5) is 0 Å². The van der Waals surface area contributed by atoms with Gasteiger partial charge in [-0.1, -0.05) is 12.2 Å². The second kappa shape index (κ2) is 6.17. The van der Waals surface area contributed by atoms with Gasteiger partial charge in [0.15, 0.2) is 0 Å². The maximum atomic E-state index is 12.2. The molecule has 3 amide bonds. The van der Waals surface area contributed by atoms with Crippen molar-refractivity contribution in [2.24, 2.45) is 11.8 Å². The van der Waals surface area contributed by atoms with E-state index in [-0.39, 0.29) is 42.5 Å². The summed E-state index contributed by atoms with van der Waals surface area (Å²) in [4.78, 5) is 37.5. The number of likely N-dealkylation sites (tertiary alicyclic amines) is 1. The van der Waals surface area contributed by atoms with Gasteiger partial charge in [0.1, 0.15) is 5.76 Å². The van der Waals surface area contributed by atoms with E-state index < -0.39 is 0 Å². The molecule has 2 atom stereocenters. The van der Waals surface area contributed by atoms with E-state index >= 15 is 0 Å². The van der Waals surface area contributed by atoms with Crippen molar-refractivity contribution < 1.29 is 18.8 Å². The summed E-state index contributed by atoms with van der Waals surface area (Å²) in [6, 6.07) is 3.52. The molecule has 1 aromatic heterocycles. The SMILES string of the molecule is O=C(CCN1C(=O)C2CC=CCC2C1=O)NCc1ccco1. The van der Waals surface area contributed by atoms with Gasteiger partial charge in [-0.3, -0.25) is 19.3 Å². The fourth-order valence-corrected chi connectivity index (χ4v) is 2.99. The molecule has 1 aliphatic carbocycles. The molecule has 1 N–H and O–H groups in total. The first kappa shape index (κ1) is 14.6. The molecule has 1 aliphatic heterocycles. The molecule has 3 rings (SSSR count). The Morgan fingerprint density at radius 1 is 1.23 bits per heavy atom. The van der Waals surface area contributed by atoms with E-state index in [4.69, 9.17) is 4.42 Å². The molecule has 0 saturated carbocycles. The van der Waals surface area contributed by atoms with Gasteiger partial charge in [-0.2, -0.15) is 0 Å². The summed E-state index contributed by atoms with van der Waals surface area (Å²) < 4.78 is 5.12. The van der Waals surface area contributed by atoms with Crippen molar-refractivity contribution in [1.29, 1.82) is 0 Å². The van der Waals surface area contributed by atoms with Gasteiger partial charge < -0.3 is 9.73 Å². The maximum absolute atomic E-state index is 12.2. The standard InChI is InChI=1S/C16H18N2O4/c19-14(17-10-11-4-3-9-22-11)7-8-18-15(20)12-5-1-2-6-13(12)16(18)21/h1-4,9,12-13H,5-8,10H2,(H,17,19). The Balaban J connectivity index is 1.50. The van der Waals surface area contributed by atoms with E-state index in [1.54, 1.807) is 18.4 Å². The minimum Gasteiger partial charge on any atom is -0.467 e. The predicted octanol–water partition coefficient (Wildman–Crippen LogP) is 1.24. The molecule has 116 valence electrons. The Labute approximate surface area is 128 Å². The Morgan fingerprint density at radius 2 is 1.91 bits per heavy atom. The number of hydrogen-bond donors (Lipinski definition) is 1. The van der Waals surface area contributed by atoms with Gasteiger partial charge in [0.05, 0.1) is 24.6 Å². The molecule has 0 radical (unpaired) electrons. The molecule has 0 bridgehead atoms. The smallest absolute Gasteiger partial charge is 0.233 e. The lowest BCUT2D eigenvalue weighted by molar-refractivity contribution is -0.140. The number of fused-ring (bicyclic) bond motifs is 1. The summed E-state index contributed by atoms with van der Waals surface area (Å²) in [6.45, 7) is 0.456. The molecule has 6 heteroatoms. The topological polar surface area (TPSA) is 79.6 Å². The maximum Gasteiger partial charge on any atom is 0.233 e. The van der Waals surface area contributed by atoms with Crippen LogP contribution >= 0.6 is 0 Å². The van der Waals surface area contributed by atoms with Gasteiger partial charge in [0, 0.05) is 13.0 Å². The third-order valence-corrected chi connectivity index (χ3v) is 4.20. The zero-order chi connectivity index (χ0) is 15.5. The minimum absolute atomic E-state index is 0.116. The molecule has 22 heavy (non-hydrogen) atoms. The van der Waals surface area contributed by atoms with Crippen molar-refractivity contribution in [3.8, 4) is 0 Å². The lowest BCUT2D eigenvalue weighted by Crippen LogP contribution is -2.35. The van der Waals surface area contributed by atoms with Gasteiger partial charge in [-0.15, -0.1) is 0 Å². The lowest BCUT2D eigenvalue weighted by Gasteiger charge is -2.14. The number of imide groups is 1. The van der Waals surface area contributed by atoms with Crippen LogP contribution in [0.1, 0.15) is 25.0 Å². The quantitative estimate of drug-likeness (QED) is 0.655. The van der Waals surface area contributed by atoms with E-state index in [0.29, 0.717) is 25.1 Å². The molecule has 6 nitrogen and oxygen atoms in total. The van der Waals surface area contributed by atoms with Crippen LogP contribution in [0.5, 0.6) is 0 Å². The van der Waals surface area contributed by atoms with E-state index in [9.17, 15) is 14.4 Å². The van der Waals surface area contributed by atoms with Crippen molar-refractivity contribution in [1.82, 2.24) is 10.2 Å². The van der Waals surface area contributed by atoms with Crippen molar-refractivity contribution in [3.63, 3.8) is 0 Å². The van der Waals surface area contributed by atoms with Crippen molar-refractivity contribution >= 4 is 17.7 Å². The summed E-state index contributed by atoms with van der Waals surface area (Å²) in [5.74, 6) is -0.285. The molecule has 2 unspecified atom stereocenters. The van der Waals surface area contributed by atoms with Crippen LogP contribution < -0.4 is 5.32 Å². The molecule has 1 aromatic rings. The number of rotatable bonds is 5. The summed E-state index contributed by atoms with van der Waals surface area (Å²) >= 11 is 0. The van der Waals surface area contributed by atoms with Crippen LogP contribution in [0.2, 0.25) is 0 Å². The minimum atomic E-state index is -0.233. The van der Waals surface area contributed by atoms with Crippen molar-refractivity contribution in [3.05, 3.63) is 36.3 Å². The Hall–Kier alpha value is -2.37. The third-order valence-electron chi connectivity index (χ3n) is 4.20. The van der Waals surface area contributed by atoms with Crippen LogP contribution in [0.25, 0.3) is 0 Å². The Kier molecular flexibility index (Phi) is 4.09. The first-order valence-corrected chi connectivity index (χ1v) is 7.46. The van der Waals surface area contributed by atoms with Crippen molar-refractivity contribution in [2.75, 3.05) is 6.54 Å². The number of amides is 3. The fraction of sp³-hybridized carbons (Fsp3) is 0.438. The number of nitrogens with zero attached hydrogens (tertiary/aromatic N) is 1. The number of nitrogens with one attached hydrogen (secondary N) is 1. The zero-order valence-corrected chi connectivity index (χ0v) is 12.2. The average Bonchev–Trinajstić information content (AvgIpc) is 3.13. The van der Waals surface area contributed by atoms with Gasteiger partial charge in [0.2, 0.25) is 17.7 Å². The molecular formula is C16H18N2O4. The first-order valence-electron chi connectivity index (χ1n) is 7.46. The van der Waals surface area contributed by atoms with E-state index in [0.717, 1.165) is 0 Å². The largest absolute Gasteiger partial charge is 0.467 e. The normalized spacial score (nSPS) is 23.7. The third kappa shape index (κ3) is 2.81. The van der Waals surface area contributed by atoms with E-state index in [2.05, 4.69) is 5.32 Å². The molecule has 0 spiro atoms. The Morgan fingerprint density at radius 3 is 2.50 bits per heavy atom. The fourth-order valence-electron chi connectivity index (χ4n) is 2.99. The second-order valence-electron chi connectivity index (χ2n) is 5.59.